The van der Waals surface area contributed by atoms with Gasteiger partial charge in [0.25, 0.3) is 0 Å². The average Bonchev–Trinajstić information content (AvgIpc) is 3.21. The van der Waals surface area contributed by atoms with E-state index in [0.717, 1.165) is 11.1 Å². The van der Waals surface area contributed by atoms with Crippen LogP contribution in [0.2, 0.25) is 0 Å². The first-order chi connectivity index (χ1) is 14.8. The standard InChI is InChI=1S/C21H21N5O4S/c1-12(2)31(27,28)14-7-5-13(6-8-14)17-11-23-19-18(25-17)15(9-22-19)16-10-24-21(30-4)26-20(16)29-3/h5-12H,1-4H3,(H,22,23). The molecular weight excluding hydrogens is 418 g/mol. The molecule has 10 heteroatoms. The first-order valence-corrected chi connectivity index (χ1v) is 11.0. The molecule has 31 heavy (non-hydrogen) atoms. The zero-order chi connectivity index (χ0) is 22.2. The highest BCUT2D eigenvalue weighted by Crippen LogP contribution is 2.34. The van der Waals surface area contributed by atoms with Crippen molar-refractivity contribution in [2.24, 2.45) is 0 Å². The molecule has 0 aliphatic carbocycles. The van der Waals surface area contributed by atoms with E-state index in [9.17, 15) is 8.42 Å². The first kappa shape index (κ1) is 20.7. The molecule has 0 bridgehead atoms. The van der Waals surface area contributed by atoms with E-state index in [1.807, 2.05) is 0 Å². The van der Waals surface area contributed by atoms with Crippen molar-refractivity contribution < 1.29 is 17.9 Å². The van der Waals surface area contributed by atoms with Crippen molar-refractivity contribution in [1.82, 2.24) is 24.9 Å². The molecule has 0 unspecified atom stereocenters. The second kappa shape index (κ2) is 7.95. The maximum absolute atomic E-state index is 12.4. The van der Waals surface area contributed by atoms with Crippen molar-refractivity contribution in [3.05, 3.63) is 42.9 Å². The zero-order valence-electron chi connectivity index (χ0n) is 17.4. The lowest BCUT2D eigenvalue weighted by Crippen LogP contribution is -2.13. The van der Waals surface area contributed by atoms with Crippen LogP contribution in [0.4, 0.5) is 0 Å². The number of nitrogens with one attached hydrogen (secondary N) is 1. The highest BCUT2D eigenvalue weighted by atomic mass is 32.2. The fourth-order valence-corrected chi connectivity index (χ4v) is 4.17. The number of benzene rings is 1. The van der Waals surface area contributed by atoms with Crippen LogP contribution in [0, 0.1) is 0 Å². The van der Waals surface area contributed by atoms with Crippen molar-refractivity contribution in [3.8, 4) is 34.3 Å². The van der Waals surface area contributed by atoms with Crippen LogP contribution in [0.3, 0.4) is 0 Å². The van der Waals surface area contributed by atoms with Gasteiger partial charge in [-0.15, -0.1) is 0 Å². The van der Waals surface area contributed by atoms with Gasteiger partial charge < -0.3 is 14.5 Å². The molecule has 9 nitrogen and oxygen atoms in total. The summed E-state index contributed by atoms with van der Waals surface area (Å²) < 4.78 is 35.2. The van der Waals surface area contributed by atoms with Gasteiger partial charge in [-0.3, -0.25) is 0 Å². The Hall–Kier alpha value is -3.53. The second-order valence-corrected chi connectivity index (χ2v) is 9.56. The Morgan fingerprint density at radius 3 is 2.32 bits per heavy atom. The summed E-state index contributed by atoms with van der Waals surface area (Å²) in [5, 5.41) is -0.487. The fraction of sp³-hybridized carbons (Fsp3) is 0.238. The van der Waals surface area contributed by atoms with E-state index in [1.54, 1.807) is 56.7 Å². The van der Waals surface area contributed by atoms with Gasteiger partial charge in [0.1, 0.15) is 5.52 Å². The molecule has 0 saturated heterocycles. The lowest BCUT2D eigenvalue weighted by atomic mass is 10.1. The normalized spacial score (nSPS) is 11.8. The summed E-state index contributed by atoms with van der Waals surface area (Å²) in [6, 6.07) is 6.84. The number of fused-ring (bicyclic) bond motifs is 1. The van der Waals surface area contributed by atoms with Crippen molar-refractivity contribution in [3.63, 3.8) is 0 Å². The number of ether oxygens (including phenoxy) is 2. The maximum atomic E-state index is 12.4. The number of rotatable bonds is 6. The van der Waals surface area contributed by atoms with E-state index >= 15 is 0 Å². The maximum Gasteiger partial charge on any atom is 0.319 e. The predicted molar refractivity (Wildman–Crippen MR) is 116 cm³/mol. The van der Waals surface area contributed by atoms with E-state index in [1.165, 1.54) is 14.2 Å². The summed E-state index contributed by atoms with van der Waals surface area (Å²) >= 11 is 0. The number of H-pyrrole nitrogens is 1. The van der Waals surface area contributed by atoms with Gasteiger partial charge in [-0.2, -0.15) is 4.98 Å². The number of aromatic amines is 1. The molecule has 4 aromatic rings. The van der Waals surface area contributed by atoms with Crippen LogP contribution in [0.25, 0.3) is 33.5 Å². The summed E-state index contributed by atoms with van der Waals surface area (Å²) in [5.41, 5.74) is 3.93. The Labute approximate surface area is 179 Å². The number of aromatic nitrogens is 5. The number of methoxy groups -OCH3 is 2. The van der Waals surface area contributed by atoms with Gasteiger partial charge in [0.2, 0.25) is 5.88 Å². The van der Waals surface area contributed by atoms with Gasteiger partial charge in [-0.25, -0.2) is 23.4 Å². The predicted octanol–water partition coefficient (Wildman–Crippen LogP) is 3.28. The number of sulfone groups is 1. The minimum atomic E-state index is -3.34. The minimum Gasteiger partial charge on any atom is -0.480 e. The second-order valence-electron chi connectivity index (χ2n) is 7.05. The number of hydrogen-bond donors (Lipinski definition) is 1. The van der Waals surface area contributed by atoms with E-state index in [4.69, 9.17) is 14.5 Å². The zero-order valence-corrected chi connectivity index (χ0v) is 18.3. The van der Waals surface area contributed by atoms with Gasteiger partial charge in [-0.1, -0.05) is 12.1 Å². The van der Waals surface area contributed by atoms with E-state index < -0.39 is 15.1 Å². The first-order valence-electron chi connectivity index (χ1n) is 9.49. The van der Waals surface area contributed by atoms with Crippen molar-refractivity contribution in [2.75, 3.05) is 14.2 Å². The van der Waals surface area contributed by atoms with E-state index in [2.05, 4.69) is 19.9 Å². The van der Waals surface area contributed by atoms with Crippen LogP contribution >= 0.6 is 0 Å². The van der Waals surface area contributed by atoms with Gasteiger partial charge >= 0.3 is 6.01 Å². The summed E-state index contributed by atoms with van der Waals surface area (Å²) in [6.07, 6.45) is 5.00. The van der Waals surface area contributed by atoms with Crippen LogP contribution in [-0.4, -0.2) is 52.8 Å². The van der Waals surface area contributed by atoms with Gasteiger partial charge in [-0.05, 0) is 26.0 Å². The molecule has 0 aliphatic rings. The number of nitrogens with zero attached hydrogens (tertiary/aromatic N) is 4. The molecule has 0 atom stereocenters. The minimum absolute atomic E-state index is 0.198. The fourth-order valence-electron chi connectivity index (χ4n) is 3.11. The average molecular weight is 439 g/mol. The topological polar surface area (TPSA) is 120 Å². The number of hydrogen-bond acceptors (Lipinski definition) is 8. The van der Waals surface area contributed by atoms with E-state index in [0.29, 0.717) is 28.3 Å². The largest absolute Gasteiger partial charge is 0.480 e. The molecule has 0 spiro atoms. The van der Waals surface area contributed by atoms with Crippen molar-refractivity contribution in [2.45, 2.75) is 24.0 Å². The van der Waals surface area contributed by atoms with Crippen LogP contribution in [-0.2, 0) is 9.84 Å². The third kappa shape index (κ3) is 3.70. The summed E-state index contributed by atoms with van der Waals surface area (Å²) in [4.78, 5) is 21.0. The van der Waals surface area contributed by atoms with Crippen molar-refractivity contribution >= 4 is 21.0 Å². The van der Waals surface area contributed by atoms with Crippen LogP contribution < -0.4 is 9.47 Å². The quantitative estimate of drug-likeness (QED) is 0.486. The molecule has 160 valence electrons. The molecule has 3 aromatic heterocycles. The van der Waals surface area contributed by atoms with Crippen LogP contribution in [0.5, 0.6) is 11.9 Å². The molecule has 0 fully saturated rings. The summed E-state index contributed by atoms with van der Waals surface area (Å²) in [7, 11) is -0.337. The van der Waals surface area contributed by atoms with Gasteiger partial charge in [0.15, 0.2) is 15.5 Å². The molecule has 0 aliphatic heterocycles. The lowest BCUT2D eigenvalue weighted by molar-refractivity contribution is 0.353. The third-order valence-corrected chi connectivity index (χ3v) is 7.05. The molecule has 1 aromatic carbocycles. The van der Waals surface area contributed by atoms with Gasteiger partial charge in [0, 0.05) is 23.5 Å². The summed E-state index contributed by atoms with van der Waals surface area (Å²) in [6.45, 7) is 3.32. The Balaban J connectivity index is 1.78. The molecule has 0 saturated carbocycles. The monoisotopic (exact) mass is 439 g/mol. The van der Waals surface area contributed by atoms with Crippen LogP contribution in [0.1, 0.15) is 13.8 Å². The molecule has 1 N–H and O–H groups in total. The van der Waals surface area contributed by atoms with Crippen molar-refractivity contribution in [1.29, 1.82) is 0 Å². The Morgan fingerprint density at radius 1 is 0.935 bits per heavy atom. The molecule has 3 heterocycles. The highest BCUT2D eigenvalue weighted by Gasteiger charge is 2.20. The smallest absolute Gasteiger partial charge is 0.319 e. The van der Waals surface area contributed by atoms with Gasteiger partial charge in [0.05, 0.1) is 41.8 Å². The Kier molecular flexibility index (Phi) is 5.32. The molecule has 0 amide bonds. The molecule has 4 rings (SSSR count). The van der Waals surface area contributed by atoms with E-state index in [-0.39, 0.29) is 10.9 Å². The Bertz CT molecular complexity index is 1350. The SMILES string of the molecule is COc1ncc(-c2c[nH]c3ncc(-c4ccc(S(=O)(=O)C(C)C)cc4)nc23)c(OC)n1. The molecule has 0 radical (unpaired) electrons. The molecular formula is C21H21N5O4S. The highest BCUT2D eigenvalue weighted by molar-refractivity contribution is 7.92. The third-order valence-electron chi connectivity index (χ3n) is 4.88. The summed E-state index contributed by atoms with van der Waals surface area (Å²) in [5.74, 6) is 0.350. The van der Waals surface area contributed by atoms with Crippen LogP contribution in [0.15, 0.2) is 47.8 Å². The Morgan fingerprint density at radius 2 is 1.68 bits per heavy atom. The lowest BCUT2D eigenvalue weighted by Gasteiger charge is -2.09.